The smallest absolute Gasteiger partial charge is 0.272 e. The van der Waals surface area contributed by atoms with Crippen LogP contribution in [-0.4, -0.2) is 48.5 Å². The van der Waals surface area contributed by atoms with Gasteiger partial charge in [-0.1, -0.05) is 41.9 Å². The number of piperidine rings is 1. The lowest BCUT2D eigenvalue weighted by Crippen LogP contribution is -2.40. The second-order valence-electron chi connectivity index (χ2n) is 7.88. The maximum absolute atomic E-state index is 13.5. The highest BCUT2D eigenvalue weighted by Crippen LogP contribution is 2.26. The number of pyridine rings is 1. The summed E-state index contributed by atoms with van der Waals surface area (Å²) >= 11 is 5.98. The third-order valence-electron chi connectivity index (χ3n) is 5.58. The van der Waals surface area contributed by atoms with Crippen LogP contribution in [0.15, 0.2) is 77.8 Å². The summed E-state index contributed by atoms with van der Waals surface area (Å²) in [5.41, 5.74) is 1.34. The van der Waals surface area contributed by atoms with Crippen LogP contribution in [0, 0.1) is 0 Å². The number of hydrogen-bond donors (Lipinski definition) is 1. The topological polar surface area (TPSA) is 90.8 Å². The molecule has 1 N–H and O–H groups in total. The van der Waals surface area contributed by atoms with E-state index in [1.807, 2.05) is 0 Å². The lowest BCUT2D eigenvalue weighted by Gasteiger charge is -2.29. The van der Waals surface area contributed by atoms with Crippen molar-refractivity contribution in [2.45, 2.75) is 30.4 Å². The number of anilines is 1. The van der Waals surface area contributed by atoms with Gasteiger partial charge in [-0.3, -0.25) is 9.10 Å². The van der Waals surface area contributed by atoms with Crippen molar-refractivity contribution in [1.82, 2.24) is 9.88 Å². The minimum atomic E-state index is -3.88. The van der Waals surface area contributed by atoms with Gasteiger partial charge >= 0.3 is 0 Å². The molecule has 1 saturated heterocycles. The molecule has 0 saturated carbocycles. The molecule has 0 radical (unpaired) electrons. The van der Waals surface area contributed by atoms with Crippen LogP contribution in [0.2, 0.25) is 5.02 Å². The molecule has 0 spiro atoms. The summed E-state index contributed by atoms with van der Waals surface area (Å²) in [7, 11) is -3.88. The third kappa shape index (κ3) is 5.35. The molecule has 1 amide bonds. The highest BCUT2D eigenvalue weighted by atomic mass is 35.5. The van der Waals surface area contributed by atoms with Gasteiger partial charge in [0.05, 0.1) is 29.4 Å². The summed E-state index contributed by atoms with van der Waals surface area (Å²) in [5.74, 6) is -0.233. The van der Waals surface area contributed by atoms with E-state index in [0.717, 1.165) is 5.56 Å². The number of rotatable bonds is 6. The van der Waals surface area contributed by atoms with Crippen molar-refractivity contribution in [3.8, 4) is 0 Å². The Labute approximate surface area is 198 Å². The Hall–Kier alpha value is -2.94. The summed E-state index contributed by atoms with van der Waals surface area (Å²) in [5, 5.41) is 10.2. The van der Waals surface area contributed by atoms with E-state index in [-0.39, 0.29) is 29.1 Å². The minimum Gasteiger partial charge on any atom is -0.393 e. The summed E-state index contributed by atoms with van der Waals surface area (Å²) in [6.45, 7) is 1.01. The maximum Gasteiger partial charge on any atom is 0.272 e. The van der Waals surface area contributed by atoms with Crippen LogP contribution in [0.1, 0.15) is 28.9 Å². The van der Waals surface area contributed by atoms with Gasteiger partial charge < -0.3 is 10.0 Å². The first-order valence-corrected chi connectivity index (χ1v) is 12.4. The van der Waals surface area contributed by atoms with Crippen molar-refractivity contribution in [2.24, 2.45) is 0 Å². The van der Waals surface area contributed by atoms with Gasteiger partial charge in [0.2, 0.25) is 0 Å². The molecule has 4 rings (SSSR count). The molecule has 1 aliphatic heterocycles. The van der Waals surface area contributed by atoms with Gasteiger partial charge in [-0.05, 0) is 54.8 Å². The average molecular weight is 486 g/mol. The number of carbonyl (C=O) groups is 1. The molecule has 2 heterocycles. The lowest BCUT2D eigenvalue weighted by molar-refractivity contribution is 0.0541. The first-order valence-electron chi connectivity index (χ1n) is 10.6. The van der Waals surface area contributed by atoms with Crippen LogP contribution in [0.25, 0.3) is 0 Å². The van der Waals surface area contributed by atoms with Crippen molar-refractivity contribution < 1.29 is 18.3 Å². The predicted octanol–water partition coefficient (Wildman–Crippen LogP) is 3.73. The second-order valence-corrected chi connectivity index (χ2v) is 10.2. The summed E-state index contributed by atoms with van der Waals surface area (Å²) in [6.07, 6.45) is 2.10. The van der Waals surface area contributed by atoms with E-state index in [4.69, 9.17) is 11.6 Å². The molecule has 0 unspecified atom stereocenters. The molecular weight excluding hydrogens is 462 g/mol. The molecule has 1 aromatic heterocycles. The maximum atomic E-state index is 13.5. The van der Waals surface area contributed by atoms with Crippen LogP contribution in [0.4, 0.5) is 5.69 Å². The van der Waals surface area contributed by atoms with E-state index in [9.17, 15) is 18.3 Å². The molecule has 7 nitrogen and oxygen atoms in total. The molecule has 0 bridgehead atoms. The molecule has 172 valence electrons. The van der Waals surface area contributed by atoms with Crippen LogP contribution in [0.3, 0.4) is 0 Å². The number of hydrogen-bond acceptors (Lipinski definition) is 5. The SMILES string of the molecule is O=C(c1ccc(N(Cc2ccc(Cl)cc2)S(=O)(=O)c2ccccc2)cn1)N1CCC(O)CC1. The monoisotopic (exact) mass is 485 g/mol. The summed E-state index contributed by atoms with van der Waals surface area (Å²) in [4.78, 5) is 18.9. The largest absolute Gasteiger partial charge is 0.393 e. The quantitative estimate of drug-likeness (QED) is 0.574. The third-order valence-corrected chi connectivity index (χ3v) is 7.62. The number of nitrogens with zero attached hydrogens (tertiary/aromatic N) is 3. The van der Waals surface area contributed by atoms with Gasteiger partial charge in [-0.2, -0.15) is 0 Å². The van der Waals surface area contributed by atoms with Crippen LogP contribution in [0.5, 0.6) is 0 Å². The molecular formula is C24H24ClN3O4S. The molecule has 1 aliphatic rings. The lowest BCUT2D eigenvalue weighted by atomic mass is 10.1. The van der Waals surface area contributed by atoms with E-state index in [0.29, 0.717) is 36.6 Å². The molecule has 9 heteroatoms. The Morgan fingerprint density at radius 3 is 2.30 bits per heavy atom. The predicted molar refractivity (Wildman–Crippen MR) is 127 cm³/mol. The van der Waals surface area contributed by atoms with Gasteiger partial charge in [-0.15, -0.1) is 0 Å². The number of halogens is 1. The van der Waals surface area contributed by atoms with Gasteiger partial charge in [0.1, 0.15) is 5.69 Å². The Bertz CT molecular complexity index is 1190. The standard InChI is InChI=1S/C24H24ClN3O4S/c25-19-8-6-18(7-9-19)17-28(33(31,32)22-4-2-1-3-5-22)20-10-11-23(26-16-20)24(30)27-14-12-21(29)13-15-27/h1-11,16,21,29H,12-15,17H2. The van der Waals surface area contributed by atoms with Gasteiger partial charge in [0.15, 0.2) is 0 Å². The van der Waals surface area contributed by atoms with Crippen LogP contribution in [-0.2, 0) is 16.6 Å². The normalized spacial score (nSPS) is 14.8. The fraction of sp³-hybridized carbons (Fsp3) is 0.250. The Kier molecular flexibility index (Phi) is 6.97. The van der Waals surface area contributed by atoms with Crippen molar-refractivity contribution >= 4 is 33.2 Å². The van der Waals surface area contributed by atoms with Crippen LogP contribution < -0.4 is 4.31 Å². The Morgan fingerprint density at radius 1 is 1.03 bits per heavy atom. The number of aliphatic hydroxyl groups excluding tert-OH is 1. The number of likely N-dealkylation sites (tertiary alicyclic amines) is 1. The van der Waals surface area contributed by atoms with E-state index in [1.54, 1.807) is 65.6 Å². The Morgan fingerprint density at radius 2 is 1.70 bits per heavy atom. The fourth-order valence-corrected chi connectivity index (χ4v) is 5.27. The van der Waals surface area contributed by atoms with Gasteiger partial charge in [-0.25, -0.2) is 13.4 Å². The van der Waals surface area contributed by atoms with Crippen molar-refractivity contribution in [3.63, 3.8) is 0 Å². The Balaban J connectivity index is 1.64. The molecule has 33 heavy (non-hydrogen) atoms. The zero-order chi connectivity index (χ0) is 23.4. The molecule has 2 aromatic carbocycles. The van der Waals surface area contributed by atoms with E-state index < -0.39 is 10.0 Å². The van der Waals surface area contributed by atoms with E-state index in [1.165, 1.54) is 16.6 Å². The number of sulfonamides is 1. The zero-order valence-corrected chi connectivity index (χ0v) is 19.4. The number of amides is 1. The second kappa shape index (κ2) is 9.91. The average Bonchev–Trinajstić information content (AvgIpc) is 2.84. The highest BCUT2D eigenvalue weighted by Gasteiger charge is 2.27. The minimum absolute atomic E-state index is 0.0768. The molecule has 0 atom stereocenters. The molecule has 1 fully saturated rings. The van der Waals surface area contributed by atoms with Gasteiger partial charge in [0, 0.05) is 18.1 Å². The van der Waals surface area contributed by atoms with Crippen molar-refractivity contribution in [1.29, 1.82) is 0 Å². The zero-order valence-electron chi connectivity index (χ0n) is 17.8. The number of benzene rings is 2. The number of aromatic nitrogens is 1. The fourth-order valence-electron chi connectivity index (χ4n) is 3.68. The van der Waals surface area contributed by atoms with Crippen molar-refractivity contribution in [2.75, 3.05) is 17.4 Å². The number of aliphatic hydroxyl groups is 1. The molecule has 3 aromatic rings. The summed E-state index contributed by atoms with van der Waals surface area (Å²) in [6, 6.07) is 18.3. The van der Waals surface area contributed by atoms with Crippen LogP contribution >= 0.6 is 11.6 Å². The highest BCUT2D eigenvalue weighted by molar-refractivity contribution is 7.92. The number of carbonyl (C=O) groups excluding carboxylic acids is 1. The van der Waals surface area contributed by atoms with E-state index in [2.05, 4.69) is 4.98 Å². The van der Waals surface area contributed by atoms with E-state index >= 15 is 0 Å². The summed E-state index contributed by atoms with van der Waals surface area (Å²) < 4.78 is 28.2. The van der Waals surface area contributed by atoms with Crippen molar-refractivity contribution in [3.05, 3.63) is 89.2 Å². The first-order chi connectivity index (χ1) is 15.8. The molecule has 0 aliphatic carbocycles. The van der Waals surface area contributed by atoms with Gasteiger partial charge in [0.25, 0.3) is 15.9 Å². The first kappa shape index (κ1) is 23.2.